The predicted octanol–water partition coefficient (Wildman–Crippen LogP) is 3.14. The van der Waals surface area contributed by atoms with Gasteiger partial charge in [-0.15, -0.1) is 0 Å². The molecule has 19 heavy (non-hydrogen) atoms. The van der Waals surface area contributed by atoms with Crippen molar-refractivity contribution in [1.82, 2.24) is 10.1 Å². The molecule has 2 unspecified atom stereocenters. The summed E-state index contributed by atoms with van der Waals surface area (Å²) >= 11 is 0. The number of hydrogen-bond acceptors (Lipinski definition) is 5. The molecule has 0 aliphatic heterocycles. The number of nitrogens with two attached hydrogens (primary N) is 1. The van der Waals surface area contributed by atoms with Crippen molar-refractivity contribution in [3.05, 3.63) is 11.7 Å². The summed E-state index contributed by atoms with van der Waals surface area (Å²) in [6, 6.07) is -0.124. The normalized spacial score (nSPS) is 20.4. The van der Waals surface area contributed by atoms with E-state index in [4.69, 9.17) is 15.0 Å². The van der Waals surface area contributed by atoms with Crippen molar-refractivity contribution in [2.75, 3.05) is 6.61 Å². The van der Waals surface area contributed by atoms with Crippen LogP contribution in [0.4, 0.5) is 0 Å². The van der Waals surface area contributed by atoms with Gasteiger partial charge in [0.15, 0.2) is 0 Å². The lowest BCUT2D eigenvalue weighted by molar-refractivity contribution is 0.0518. The van der Waals surface area contributed by atoms with Crippen LogP contribution in [0.1, 0.15) is 76.2 Å². The Morgan fingerprint density at radius 3 is 2.68 bits per heavy atom. The molecule has 0 saturated heterocycles. The molecule has 0 bridgehead atoms. The molecular formula is C14H25N3O2. The van der Waals surface area contributed by atoms with Crippen LogP contribution < -0.4 is 5.73 Å². The summed E-state index contributed by atoms with van der Waals surface area (Å²) in [5.74, 6) is 1.68. The highest BCUT2D eigenvalue weighted by Crippen LogP contribution is 2.32. The van der Waals surface area contributed by atoms with Crippen LogP contribution in [0.15, 0.2) is 4.52 Å². The molecule has 2 atom stereocenters. The minimum absolute atomic E-state index is 0.0824. The van der Waals surface area contributed by atoms with Crippen molar-refractivity contribution in [3.63, 3.8) is 0 Å². The first-order valence-electron chi connectivity index (χ1n) is 7.46. The van der Waals surface area contributed by atoms with Gasteiger partial charge in [-0.2, -0.15) is 4.98 Å². The maximum absolute atomic E-state index is 6.26. The molecule has 108 valence electrons. The van der Waals surface area contributed by atoms with Gasteiger partial charge < -0.3 is 15.0 Å². The van der Waals surface area contributed by atoms with Crippen LogP contribution in [-0.2, 0) is 4.74 Å². The van der Waals surface area contributed by atoms with Gasteiger partial charge in [-0.25, -0.2) is 0 Å². The van der Waals surface area contributed by atoms with E-state index in [9.17, 15) is 0 Å². The fourth-order valence-corrected chi connectivity index (χ4v) is 2.78. The highest BCUT2D eigenvalue weighted by Gasteiger charge is 2.27. The third-order valence-electron chi connectivity index (χ3n) is 3.93. The van der Waals surface area contributed by atoms with Crippen LogP contribution in [0, 0.1) is 5.92 Å². The van der Waals surface area contributed by atoms with Gasteiger partial charge in [0.05, 0.1) is 6.04 Å². The smallest absolute Gasteiger partial charge is 0.243 e. The molecule has 1 aromatic heterocycles. The zero-order valence-electron chi connectivity index (χ0n) is 12.0. The number of nitrogens with zero attached hydrogens (tertiary/aromatic N) is 2. The molecule has 0 spiro atoms. The molecule has 2 N–H and O–H groups in total. The molecule has 5 nitrogen and oxygen atoms in total. The summed E-state index contributed by atoms with van der Waals surface area (Å²) in [4.78, 5) is 4.45. The first kappa shape index (κ1) is 14.5. The van der Waals surface area contributed by atoms with Crippen molar-refractivity contribution in [1.29, 1.82) is 0 Å². The van der Waals surface area contributed by atoms with Crippen LogP contribution in [0.5, 0.6) is 0 Å². The summed E-state index contributed by atoms with van der Waals surface area (Å²) in [7, 11) is 0. The quantitative estimate of drug-likeness (QED) is 0.857. The van der Waals surface area contributed by atoms with Crippen molar-refractivity contribution in [3.8, 4) is 0 Å². The van der Waals surface area contributed by atoms with Gasteiger partial charge in [0, 0.05) is 6.61 Å². The molecule has 1 heterocycles. The Kier molecular flexibility index (Phi) is 5.34. The average molecular weight is 267 g/mol. The van der Waals surface area contributed by atoms with E-state index in [0.29, 0.717) is 24.2 Å². The Morgan fingerprint density at radius 2 is 2.05 bits per heavy atom. The molecule has 1 aliphatic rings. The van der Waals surface area contributed by atoms with Gasteiger partial charge in [-0.1, -0.05) is 31.3 Å². The second kappa shape index (κ2) is 7.01. The van der Waals surface area contributed by atoms with Gasteiger partial charge >= 0.3 is 0 Å². The van der Waals surface area contributed by atoms with E-state index in [1.54, 1.807) is 0 Å². The lowest BCUT2D eigenvalue weighted by Crippen LogP contribution is -2.24. The Labute approximate surface area is 114 Å². The molecule has 1 aromatic rings. The summed E-state index contributed by atoms with van der Waals surface area (Å²) in [6.45, 7) is 4.67. The first-order valence-corrected chi connectivity index (χ1v) is 7.46. The minimum atomic E-state index is -0.124. The van der Waals surface area contributed by atoms with Gasteiger partial charge in [-0.05, 0) is 32.1 Å². The fraction of sp³-hybridized carbons (Fsp3) is 0.857. The standard InChI is InChI=1S/C14H25N3O2/c1-3-11(18-4-2)13-16-14(19-17-13)12(15)10-8-6-5-7-9-10/h10-12H,3-9,15H2,1-2H3. The van der Waals surface area contributed by atoms with Crippen molar-refractivity contribution in [2.24, 2.45) is 11.7 Å². The maximum atomic E-state index is 6.26. The number of aromatic nitrogens is 2. The molecule has 5 heteroatoms. The Bertz CT molecular complexity index is 375. The summed E-state index contributed by atoms with van der Waals surface area (Å²) in [5.41, 5.74) is 6.26. The lowest BCUT2D eigenvalue weighted by Gasteiger charge is -2.24. The molecule has 0 amide bonds. The van der Waals surface area contributed by atoms with Gasteiger partial charge in [0.25, 0.3) is 0 Å². The zero-order valence-corrected chi connectivity index (χ0v) is 12.0. The number of rotatable bonds is 6. The van der Waals surface area contributed by atoms with Gasteiger partial charge in [-0.3, -0.25) is 0 Å². The van der Waals surface area contributed by atoms with E-state index in [1.807, 2.05) is 6.92 Å². The maximum Gasteiger partial charge on any atom is 0.243 e. The average Bonchev–Trinajstić information content (AvgIpc) is 2.94. The van der Waals surface area contributed by atoms with E-state index in [2.05, 4.69) is 17.1 Å². The summed E-state index contributed by atoms with van der Waals surface area (Å²) in [6.07, 6.45) is 6.93. The molecule has 1 fully saturated rings. The van der Waals surface area contributed by atoms with Crippen LogP contribution in [0.3, 0.4) is 0 Å². The molecule has 2 rings (SSSR count). The molecule has 0 radical (unpaired) electrons. The number of ether oxygens (including phenoxy) is 1. The highest BCUT2D eigenvalue weighted by atomic mass is 16.5. The van der Waals surface area contributed by atoms with E-state index >= 15 is 0 Å². The first-order chi connectivity index (χ1) is 9.26. The minimum Gasteiger partial charge on any atom is -0.370 e. The van der Waals surface area contributed by atoms with Gasteiger partial charge in [0.2, 0.25) is 11.7 Å². The van der Waals surface area contributed by atoms with E-state index in [0.717, 1.165) is 6.42 Å². The Balaban J connectivity index is 2.02. The van der Waals surface area contributed by atoms with Crippen LogP contribution in [0.2, 0.25) is 0 Å². The lowest BCUT2D eigenvalue weighted by atomic mass is 9.84. The van der Waals surface area contributed by atoms with Gasteiger partial charge in [0.1, 0.15) is 6.10 Å². The van der Waals surface area contributed by atoms with E-state index in [1.165, 1.54) is 32.1 Å². The monoisotopic (exact) mass is 267 g/mol. The Hall–Kier alpha value is -0.940. The third kappa shape index (κ3) is 3.54. The third-order valence-corrected chi connectivity index (χ3v) is 3.93. The van der Waals surface area contributed by atoms with Crippen molar-refractivity contribution >= 4 is 0 Å². The Morgan fingerprint density at radius 1 is 1.32 bits per heavy atom. The molecule has 1 saturated carbocycles. The van der Waals surface area contributed by atoms with E-state index in [-0.39, 0.29) is 12.1 Å². The van der Waals surface area contributed by atoms with Crippen LogP contribution >= 0.6 is 0 Å². The van der Waals surface area contributed by atoms with Crippen molar-refractivity contribution in [2.45, 2.75) is 64.5 Å². The summed E-state index contributed by atoms with van der Waals surface area (Å²) < 4.78 is 10.9. The highest BCUT2D eigenvalue weighted by molar-refractivity contribution is 4.97. The molecular weight excluding hydrogens is 242 g/mol. The fourth-order valence-electron chi connectivity index (χ4n) is 2.78. The zero-order chi connectivity index (χ0) is 13.7. The van der Waals surface area contributed by atoms with Crippen LogP contribution in [0.25, 0.3) is 0 Å². The topological polar surface area (TPSA) is 74.2 Å². The summed E-state index contributed by atoms with van der Waals surface area (Å²) in [5, 5.41) is 4.03. The molecule has 0 aromatic carbocycles. The SMILES string of the molecule is CCOC(CC)c1noc(C(N)C2CCCCC2)n1. The van der Waals surface area contributed by atoms with Crippen LogP contribution in [-0.4, -0.2) is 16.7 Å². The number of hydrogen-bond donors (Lipinski definition) is 1. The second-order valence-electron chi connectivity index (χ2n) is 5.27. The van der Waals surface area contributed by atoms with E-state index < -0.39 is 0 Å². The van der Waals surface area contributed by atoms with Crippen molar-refractivity contribution < 1.29 is 9.26 Å². The predicted molar refractivity (Wildman–Crippen MR) is 72.5 cm³/mol. The molecule has 1 aliphatic carbocycles. The largest absolute Gasteiger partial charge is 0.370 e. The second-order valence-corrected chi connectivity index (χ2v) is 5.27.